The molecule has 3 aromatic carbocycles. The first-order chi connectivity index (χ1) is 14.4. The van der Waals surface area contributed by atoms with Gasteiger partial charge >= 0.3 is 5.97 Å². The van der Waals surface area contributed by atoms with Crippen LogP contribution < -0.4 is 21.5 Å². The molecule has 0 aromatic heterocycles. The molecule has 0 aliphatic carbocycles. The summed E-state index contributed by atoms with van der Waals surface area (Å²) in [5.74, 6) is -0.631. The molecule has 0 radical (unpaired) electrons. The Labute approximate surface area is 183 Å². The second kappa shape index (κ2) is 9.67. The third-order valence-electron chi connectivity index (χ3n) is 4.33. The average Bonchev–Trinajstić information content (AvgIpc) is 2.72. The molecule has 30 heavy (non-hydrogen) atoms. The van der Waals surface area contributed by atoms with Crippen LogP contribution in [-0.2, 0) is 17.8 Å². The van der Waals surface area contributed by atoms with Crippen LogP contribution in [0.15, 0.2) is 60.7 Å². The molecule has 0 atom stereocenters. The van der Waals surface area contributed by atoms with E-state index >= 15 is 0 Å². The number of carbonyl (C=O) groups is 1. The molecule has 0 fully saturated rings. The lowest BCUT2D eigenvalue weighted by molar-refractivity contribution is -0.133. The molecule has 0 amide bonds. The molecule has 0 spiro atoms. The monoisotopic (exact) mass is 443 g/mol. The summed E-state index contributed by atoms with van der Waals surface area (Å²) < 4.78 is 19.6. The highest BCUT2D eigenvalue weighted by atomic mass is 35.5. The number of anilines is 2. The number of para-hydroxylation sites is 1. The quantitative estimate of drug-likeness (QED) is 0.283. The van der Waals surface area contributed by atoms with Gasteiger partial charge in [0.15, 0.2) is 0 Å². The molecule has 0 heterocycles. The van der Waals surface area contributed by atoms with Gasteiger partial charge in [0.1, 0.15) is 16.6 Å². The Hall–Kier alpha value is -3.00. The van der Waals surface area contributed by atoms with E-state index in [1.807, 2.05) is 0 Å². The maximum atomic E-state index is 14.2. The normalized spacial score (nSPS) is 10.5. The summed E-state index contributed by atoms with van der Waals surface area (Å²) in [6.45, 7) is 0.295. The Morgan fingerprint density at radius 2 is 1.87 bits per heavy atom. The molecule has 3 rings (SSSR count). The Kier molecular flexibility index (Phi) is 6.99. The van der Waals surface area contributed by atoms with Crippen LogP contribution in [0.2, 0.25) is 5.02 Å². The van der Waals surface area contributed by atoms with Gasteiger partial charge in [0.25, 0.3) is 0 Å². The van der Waals surface area contributed by atoms with Crippen molar-refractivity contribution >= 4 is 46.2 Å². The van der Waals surface area contributed by atoms with Crippen LogP contribution >= 0.6 is 23.8 Å². The highest BCUT2D eigenvalue weighted by molar-refractivity contribution is 7.80. The van der Waals surface area contributed by atoms with E-state index in [0.717, 1.165) is 5.56 Å². The number of thiocarbonyl (C=S) groups is 1. The number of hydrogen-bond donors (Lipinski definition) is 3. The number of carbonyl (C=O) groups excluding carboxylic acids is 1. The number of rotatable bonds is 7. The molecule has 3 aromatic rings. The fraction of sp³-hybridized carbons (Fsp3) is 0.0909. The number of nitrogens with one attached hydrogen (secondary N) is 1. The minimum atomic E-state index is -0.503. The Bertz CT molecular complexity index is 1070. The van der Waals surface area contributed by atoms with Crippen molar-refractivity contribution in [1.82, 2.24) is 0 Å². The molecule has 0 unspecified atom stereocenters. The summed E-state index contributed by atoms with van der Waals surface area (Å²) in [6.07, 6.45) is -0.0563. The summed E-state index contributed by atoms with van der Waals surface area (Å²) >= 11 is 11.0. The predicted molar refractivity (Wildman–Crippen MR) is 121 cm³/mol. The number of halogens is 2. The van der Waals surface area contributed by atoms with Crippen molar-refractivity contribution in [2.45, 2.75) is 13.0 Å². The lowest BCUT2D eigenvalue weighted by Crippen LogP contribution is -2.14. The highest BCUT2D eigenvalue weighted by Crippen LogP contribution is 2.30. The molecule has 0 aliphatic heterocycles. The summed E-state index contributed by atoms with van der Waals surface area (Å²) in [4.78, 5) is 12.8. The third-order valence-corrected chi connectivity index (χ3v) is 4.88. The van der Waals surface area contributed by atoms with Crippen LogP contribution in [0.1, 0.15) is 16.7 Å². The van der Waals surface area contributed by atoms with E-state index in [-0.39, 0.29) is 22.1 Å². The first kappa shape index (κ1) is 21.7. The average molecular weight is 444 g/mol. The molecule has 5 nitrogen and oxygen atoms in total. The van der Waals surface area contributed by atoms with Crippen molar-refractivity contribution in [3.63, 3.8) is 0 Å². The number of nitrogens with two attached hydrogens (primary N) is 2. The molecule has 0 saturated heterocycles. The lowest BCUT2D eigenvalue weighted by atomic mass is 10.0. The minimum Gasteiger partial charge on any atom is -0.426 e. The van der Waals surface area contributed by atoms with Gasteiger partial charge in [-0.25, -0.2) is 4.39 Å². The van der Waals surface area contributed by atoms with Crippen LogP contribution in [0.25, 0.3) is 0 Å². The number of esters is 1. The van der Waals surface area contributed by atoms with E-state index in [9.17, 15) is 9.18 Å². The van der Waals surface area contributed by atoms with Crippen LogP contribution in [-0.4, -0.2) is 11.0 Å². The number of ether oxygens (including phenoxy) is 1. The third kappa shape index (κ3) is 5.33. The summed E-state index contributed by atoms with van der Waals surface area (Å²) in [7, 11) is 0. The first-order valence-electron chi connectivity index (χ1n) is 9.01. The van der Waals surface area contributed by atoms with Gasteiger partial charge < -0.3 is 21.5 Å². The van der Waals surface area contributed by atoms with Crippen molar-refractivity contribution < 1.29 is 13.9 Å². The second-order valence-electron chi connectivity index (χ2n) is 6.46. The fourth-order valence-corrected chi connectivity index (χ4v) is 3.15. The zero-order chi connectivity index (χ0) is 21.7. The Morgan fingerprint density at radius 3 is 2.50 bits per heavy atom. The lowest BCUT2D eigenvalue weighted by Gasteiger charge is -2.15. The zero-order valence-electron chi connectivity index (χ0n) is 15.8. The molecular weight excluding hydrogens is 425 g/mol. The van der Waals surface area contributed by atoms with Crippen molar-refractivity contribution in [1.29, 1.82) is 0 Å². The van der Waals surface area contributed by atoms with E-state index in [2.05, 4.69) is 5.32 Å². The van der Waals surface area contributed by atoms with Gasteiger partial charge in [0.05, 0.1) is 17.1 Å². The second-order valence-corrected chi connectivity index (χ2v) is 7.30. The van der Waals surface area contributed by atoms with E-state index in [0.29, 0.717) is 29.1 Å². The molecular formula is C22H19ClFN3O2S. The SMILES string of the molecule is NCc1ccc(Nc2c(F)cccc2Cl)c(CC(=O)Oc2ccc(C(N)=S)cc2)c1. The smallest absolute Gasteiger partial charge is 0.315 e. The first-order valence-corrected chi connectivity index (χ1v) is 9.79. The molecule has 154 valence electrons. The fourth-order valence-electron chi connectivity index (χ4n) is 2.80. The predicted octanol–water partition coefficient (Wildman–Crippen LogP) is 4.46. The highest BCUT2D eigenvalue weighted by Gasteiger charge is 2.14. The molecule has 0 aliphatic rings. The van der Waals surface area contributed by atoms with Crippen molar-refractivity contribution in [2.24, 2.45) is 11.5 Å². The van der Waals surface area contributed by atoms with E-state index in [4.69, 9.17) is 40.0 Å². The van der Waals surface area contributed by atoms with Crippen LogP contribution in [0, 0.1) is 5.82 Å². The van der Waals surface area contributed by atoms with Crippen LogP contribution in [0.3, 0.4) is 0 Å². The van der Waals surface area contributed by atoms with Crippen molar-refractivity contribution in [2.75, 3.05) is 5.32 Å². The zero-order valence-corrected chi connectivity index (χ0v) is 17.4. The Balaban J connectivity index is 1.81. The summed E-state index contributed by atoms with van der Waals surface area (Å²) in [6, 6.07) is 16.3. The maximum Gasteiger partial charge on any atom is 0.315 e. The standard InChI is InChI=1S/C22H19ClFN3O2S/c23-17-2-1-3-18(24)21(17)27-19-9-4-13(12-25)10-15(19)11-20(28)29-16-7-5-14(6-8-16)22(26)30/h1-10,27H,11-12,25H2,(H2,26,30). The van der Waals surface area contributed by atoms with Gasteiger partial charge in [0.2, 0.25) is 0 Å². The van der Waals surface area contributed by atoms with Crippen LogP contribution in [0.5, 0.6) is 5.75 Å². The van der Waals surface area contributed by atoms with Gasteiger partial charge in [-0.2, -0.15) is 0 Å². The van der Waals surface area contributed by atoms with Gasteiger partial charge in [-0.15, -0.1) is 0 Å². The van der Waals surface area contributed by atoms with Crippen molar-refractivity contribution in [3.05, 3.63) is 88.2 Å². The molecule has 0 bridgehead atoms. The molecule has 0 saturated carbocycles. The topological polar surface area (TPSA) is 90.4 Å². The van der Waals surface area contributed by atoms with E-state index in [1.165, 1.54) is 12.1 Å². The number of benzene rings is 3. The van der Waals surface area contributed by atoms with Gasteiger partial charge in [0, 0.05) is 17.8 Å². The van der Waals surface area contributed by atoms with Gasteiger partial charge in [-0.05, 0) is 53.6 Å². The summed E-state index contributed by atoms with van der Waals surface area (Å²) in [5, 5.41) is 3.19. The van der Waals surface area contributed by atoms with Crippen molar-refractivity contribution in [3.8, 4) is 5.75 Å². The molecule has 5 N–H and O–H groups in total. The summed E-state index contributed by atoms with van der Waals surface area (Å²) in [5.41, 5.74) is 14.0. The maximum absolute atomic E-state index is 14.2. The molecule has 8 heteroatoms. The van der Waals surface area contributed by atoms with E-state index < -0.39 is 11.8 Å². The van der Waals surface area contributed by atoms with E-state index in [1.54, 1.807) is 48.5 Å². The Morgan fingerprint density at radius 1 is 1.13 bits per heavy atom. The van der Waals surface area contributed by atoms with Crippen LogP contribution in [0.4, 0.5) is 15.8 Å². The largest absolute Gasteiger partial charge is 0.426 e. The van der Waals surface area contributed by atoms with Gasteiger partial charge in [-0.3, -0.25) is 4.79 Å². The van der Waals surface area contributed by atoms with Gasteiger partial charge in [-0.1, -0.05) is 42.0 Å². The minimum absolute atomic E-state index is 0.0563. The number of hydrogen-bond acceptors (Lipinski definition) is 5.